The lowest BCUT2D eigenvalue weighted by molar-refractivity contribution is -0.122. The predicted molar refractivity (Wildman–Crippen MR) is 46.7 cm³/mol. The Kier molecular flexibility index (Phi) is 5.93. The van der Waals surface area contributed by atoms with Gasteiger partial charge in [0.05, 0.1) is 6.04 Å². The van der Waals surface area contributed by atoms with Crippen LogP contribution >= 0.6 is 11.8 Å². The Morgan fingerprint density at radius 1 is 1.73 bits per heavy atom. The van der Waals surface area contributed by atoms with Crippen molar-refractivity contribution in [1.82, 2.24) is 5.32 Å². The van der Waals surface area contributed by atoms with Gasteiger partial charge in [0.25, 0.3) is 0 Å². The highest BCUT2D eigenvalue weighted by molar-refractivity contribution is 7.98. The molecule has 11 heavy (non-hydrogen) atoms. The molecule has 0 fully saturated rings. The molecule has 0 aliphatic heterocycles. The molecule has 0 saturated carbocycles. The molecule has 4 heteroatoms. The third-order valence-electron chi connectivity index (χ3n) is 1.19. The quantitative estimate of drug-likeness (QED) is 0.617. The summed E-state index contributed by atoms with van der Waals surface area (Å²) in [5.74, 6) is 0.743. The minimum Gasteiger partial charge on any atom is -0.347 e. The largest absolute Gasteiger partial charge is 0.347 e. The van der Waals surface area contributed by atoms with Crippen LogP contribution in [0.4, 0.5) is 0 Å². The van der Waals surface area contributed by atoms with E-state index in [2.05, 4.69) is 5.32 Å². The first-order valence-corrected chi connectivity index (χ1v) is 4.81. The lowest BCUT2D eigenvalue weighted by Crippen LogP contribution is -2.34. The normalized spacial score (nSPS) is 12.2. The first-order valence-electron chi connectivity index (χ1n) is 3.42. The van der Waals surface area contributed by atoms with Crippen LogP contribution in [0.15, 0.2) is 0 Å². The number of aldehydes is 1. The zero-order valence-electron chi connectivity index (χ0n) is 6.79. The number of thioether (sulfide) groups is 1. The van der Waals surface area contributed by atoms with Gasteiger partial charge in [-0.15, -0.1) is 0 Å². The monoisotopic (exact) mass is 175 g/mol. The van der Waals surface area contributed by atoms with Crippen molar-refractivity contribution in [3.8, 4) is 0 Å². The summed E-state index contributed by atoms with van der Waals surface area (Å²) in [6.07, 6.45) is 3.46. The maximum atomic E-state index is 10.5. The Bertz CT molecular complexity index is 138. The van der Waals surface area contributed by atoms with Crippen LogP contribution < -0.4 is 5.32 Å². The summed E-state index contributed by atoms with van der Waals surface area (Å²) in [5, 5.41) is 2.54. The van der Waals surface area contributed by atoms with Crippen LogP contribution in [0.2, 0.25) is 0 Å². The van der Waals surface area contributed by atoms with Gasteiger partial charge in [0.2, 0.25) is 5.91 Å². The molecule has 0 rings (SSSR count). The number of carbonyl (C=O) groups excluding carboxylic acids is 2. The topological polar surface area (TPSA) is 46.2 Å². The van der Waals surface area contributed by atoms with E-state index in [-0.39, 0.29) is 11.9 Å². The van der Waals surface area contributed by atoms with Gasteiger partial charge in [0.1, 0.15) is 6.29 Å². The van der Waals surface area contributed by atoms with E-state index in [1.54, 1.807) is 11.8 Å². The van der Waals surface area contributed by atoms with Crippen molar-refractivity contribution in [2.24, 2.45) is 0 Å². The van der Waals surface area contributed by atoms with E-state index in [0.29, 0.717) is 6.42 Å². The molecule has 1 amide bonds. The second-order valence-electron chi connectivity index (χ2n) is 2.22. The summed E-state index contributed by atoms with van der Waals surface area (Å²) < 4.78 is 0. The van der Waals surface area contributed by atoms with Crippen molar-refractivity contribution < 1.29 is 9.59 Å². The third kappa shape index (κ3) is 5.91. The Hall–Kier alpha value is -0.510. The van der Waals surface area contributed by atoms with Crippen LogP contribution in [0.25, 0.3) is 0 Å². The summed E-state index contributed by atoms with van der Waals surface area (Å²) in [6, 6.07) is -0.306. The van der Waals surface area contributed by atoms with E-state index in [4.69, 9.17) is 0 Å². The molecule has 64 valence electrons. The summed E-state index contributed by atoms with van der Waals surface area (Å²) >= 11 is 1.66. The van der Waals surface area contributed by atoms with Crippen LogP contribution in [-0.4, -0.2) is 30.2 Å². The zero-order chi connectivity index (χ0) is 8.69. The van der Waals surface area contributed by atoms with Gasteiger partial charge in [0.15, 0.2) is 0 Å². The molecule has 0 heterocycles. The predicted octanol–water partition coefficient (Wildman–Crippen LogP) is 0.443. The standard InChI is InChI=1S/C7H13NO2S/c1-6(10)8-7(5-9)3-4-11-2/h5,7H,3-4H2,1-2H3,(H,8,10). The van der Waals surface area contributed by atoms with Crippen LogP contribution in [-0.2, 0) is 9.59 Å². The molecule has 0 aliphatic carbocycles. The van der Waals surface area contributed by atoms with E-state index in [0.717, 1.165) is 12.0 Å². The molecule has 0 aromatic carbocycles. The molecule has 1 N–H and O–H groups in total. The summed E-state index contributed by atoms with van der Waals surface area (Å²) in [5.41, 5.74) is 0. The Morgan fingerprint density at radius 2 is 2.36 bits per heavy atom. The molecule has 0 aliphatic rings. The fourth-order valence-electron chi connectivity index (χ4n) is 0.680. The SMILES string of the molecule is CSCCC(C=O)NC(C)=O. The number of rotatable bonds is 5. The van der Waals surface area contributed by atoms with Gasteiger partial charge in [-0.1, -0.05) is 0 Å². The van der Waals surface area contributed by atoms with Crippen molar-refractivity contribution >= 4 is 24.0 Å². The second-order valence-corrected chi connectivity index (χ2v) is 3.21. The molecule has 0 saturated heterocycles. The van der Waals surface area contributed by atoms with Gasteiger partial charge in [-0.25, -0.2) is 0 Å². The van der Waals surface area contributed by atoms with Gasteiger partial charge < -0.3 is 10.1 Å². The van der Waals surface area contributed by atoms with Gasteiger partial charge in [-0.2, -0.15) is 11.8 Å². The molecule has 0 aromatic rings. The number of amides is 1. The average molecular weight is 175 g/mol. The maximum absolute atomic E-state index is 10.5. The van der Waals surface area contributed by atoms with Crippen molar-refractivity contribution in [2.45, 2.75) is 19.4 Å². The molecule has 0 bridgehead atoms. The van der Waals surface area contributed by atoms with Gasteiger partial charge in [0, 0.05) is 6.92 Å². The fraction of sp³-hybridized carbons (Fsp3) is 0.714. The van der Waals surface area contributed by atoms with Crippen molar-refractivity contribution in [1.29, 1.82) is 0 Å². The minimum absolute atomic E-state index is 0.150. The summed E-state index contributed by atoms with van der Waals surface area (Å²) in [4.78, 5) is 20.8. The number of hydrogen-bond donors (Lipinski definition) is 1. The maximum Gasteiger partial charge on any atom is 0.217 e. The van der Waals surface area contributed by atoms with Crippen molar-refractivity contribution in [2.75, 3.05) is 12.0 Å². The first-order chi connectivity index (χ1) is 5.20. The van der Waals surface area contributed by atoms with Gasteiger partial charge in [-0.3, -0.25) is 4.79 Å². The van der Waals surface area contributed by atoms with Gasteiger partial charge >= 0.3 is 0 Å². The smallest absolute Gasteiger partial charge is 0.217 e. The lowest BCUT2D eigenvalue weighted by Gasteiger charge is -2.08. The third-order valence-corrected chi connectivity index (χ3v) is 1.83. The second kappa shape index (κ2) is 6.22. The van der Waals surface area contributed by atoms with Crippen LogP contribution in [0.5, 0.6) is 0 Å². The molecular weight excluding hydrogens is 162 g/mol. The molecule has 1 atom stereocenters. The summed E-state index contributed by atoms with van der Waals surface area (Å²) in [7, 11) is 0. The Balaban J connectivity index is 3.57. The highest BCUT2D eigenvalue weighted by atomic mass is 32.2. The number of hydrogen-bond acceptors (Lipinski definition) is 3. The van der Waals surface area contributed by atoms with E-state index in [9.17, 15) is 9.59 Å². The van der Waals surface area contributed by atoms with Crippen LogP contribution in [0, 0.1) is 0 Å². The zero-order valence-corrected chi connectivity index (χ0v) is 7.61. The lowest BCUT2D eigenvalue weighted by atomic mass is 10.2. The highest BCUT2D eigenvalue weighted by Gasteiger charge is 2.06. The van der Waals surface area contributed by atoms with Crippen molar-refractivity contribution in [3.63, 3.8) is 0 Å². The molecule has 3 nitrogen and oxygen atoms in total. The summed E-state index contributed by atoms with van der Waals surface area (Å²) in [6.45, 7) is 1.41. The van der Waals surface area contributed by atoms with E-state index in [1.165, 1.54) is 6.92 Å². The Labute approximate surface area is 70.9 Å². The first kappa shape index (κ1) is 10.5. The molecule has 0 aromatic heterocycles. The van der Waals surface area contributed by atoms with E-state index in [1.807, 2.05) is 6.26 Å². The van der Waals surface area contributed by atoms with Crippen LogP contribution in [0.3, 0.4) is 0 Å². The number of carbonyl (C=O) groups is 2. The van der Waals surface area contributed by atoms with Crippen molar-refractivity contribution in [3.05, 3.63) is 0 Å². The average Bonchev–Trinajstić information content (AvgIpc) is 1.97. The van der Waals surface area contributed by atoms with E-state index >= 15 is 0 Å². The Morgan fingerprint density at radius 3 is 2.73 bits per heavy atom. The molecule has 1 unspecified atom stereocenters. The highest BCUT2D eigenvalue weighted by Crippen LogP contribution is 1.98. The minimum atomic E-state index is -0.306. The molecule has 0 spiro atoms. The van der Waals surface area contributed by atoms with Crippen LogP contribution in [0.1, 0.15) is 13.3 Å². The fourth-order valence-corrected chi connectivity index (χ4v) is 1.17. The molecular formula is C7H13NO2S. The van der Waals surface area contributed by atoms with Gasteiger partial charge in [-0.05, 0) is 18.4 Å². The van der Waals surface area contributed by atoms with E-state index < -0.39 is 0 Å². The molecule has 0 radical (unpaired) electrons. The number of nitrogens with one attached hydrogen (secondary N) is 1.